The predicted octanol–water partition coefficient (Wildman–Crippen LogP) is 2.29. The highest BCUT2D eigenvalue weighted by atomic mass is 16.6. The normalized spacial score (nSPS) is 21.7. The number of Topliss-reactive ketones (excluding diaryl/α,β-unsaturated/α-hetero) is 1. The van der Waals surface area contributed by atoms with E-state index in [-0.39, 0.29) is 31.1 Å². The monoisotopic (exact) mass is 376 g/mol. The number of esters is 1. The minimum Gasteiger partial charge on any atom is -0.456 e. The van der Waals surface area contributed by atoms with Crippen molar-refractivity contribution in [2.75, 3.05) is 18.5 Å². The lowest BCUT2D eigenvalue weighted by atomic mass is 9.88. The maximum absolute atomic E-state index is 12.1. The van der Waals surface area contributed by atoms with Crippen molar-refractivity contribution in [1.29, 1.82) is 0 Å². The first-order valence-corrected chi connectivity index (χ1v) is 8.84. The van der Waals surface area contributed by atoms with E-state index in [1.807, 2.05) is 32.0 Å². The molecule has 0 heterocycles. The number of benzene rings is 1. The number of ether oxygens (including phenoxy) is 1. The topological polar surface area (TPSA) is 116 Å². The molecule has 8 heteroatoms. The molecule has 2 rings (SSSR count). The number of amides is 1. The van der Waals surface area contributed by atoms with Crippen LogP contribution in [-0.2, 0) is 19.1 Å². The zero-order valence-corrected chi connectivity index (χ0v) is 15.7. The summed E-state index contributed by atoms with van der Waals surface area (Å²) in [7, 11) is 0. The summed E-state index contributed by atoms with van der Waals surface area (Å²) in [5.41, 5.74) is 2.51. The summed E-state index contributed by atoms with van der Waals surface area (Å²) in [5, 5.41) is 13.5. The van der Waals surface area contributed by atoms with Crippen LogP contribution in [0.3, 0.4) is 0 Å². The Morgan fingerprint density at radius 3 is 2.70 bits per heavy atom. The lowest BCUT2D eigenvalue weighted by Gasteiger charge is -2.17. The largest absolute Gasteiger partial charge is 0.456 e. The Labute approximate surface area is 157 Å². The van der Waals surface area contributed by atoms with Gasteiger partial charge >= 0.3 is 5.97 Å². The fraction of sp³-hybridized carbons (Fsp3) is 0.526. The van der Waals surface area contributed by atoms with Crippen molar-refractivity contribution in [2.24, 2.45) is 17.8 Å². The highest BCUT2D eigenvalue weighted by Gasteiger charge is 2.44. The molecule has 1 aromatic rings. The van der Waals surface area contributed by atoms with Crippen LogP contribution < -0.4 is 5.32 Å². The number of hydrogen-bond donors (Lipinski definition) is 1. The van der Waals surface area contributed by atoms with Gasteiger partial charge in [-0.1, -0.05) is 19.1 Å². The molecule has 0 aliphatic heterocycles. The summed E-state index contributed by atoms with van der Waals surface area (Å²) >= 11 is 0. The molecule has 0 radical (unpaired) electrons. The molecule has 146 valence electrons. The van der Waals surface area contributed by atoms with E-state index in [1.54, 1.807) is 6.92 Å². The van der Waals surface area contributed by atoms with Gasteiger partial charge in [-0.3, -0.25) is 24.5 Å². The summed E-state index contributed by atoms with van der Waals surface area (Å²) < 4.78 is 4.97. The fourth-order valence-electron chi connectivity index (χ4n) is 3.44. The first kappa shape index (κ1) is 20.5. The van der Waals surface area contributed by atoms with Gasteiger partial charge in [0.2, 0.25) is 6.54 Å². The van der Waals surface area contributed by atoms with Gasteiger partial charge in [0.1, 0.15) is 5.78 Å². The van der Waals surface area contributed by atoms with Gasteiger partial charge in [-0.2, -0.15) is 0 Å². The zero-order chi connectivity index (χ0) is 20.1. The van der Waals surface area contributed by atoms with Gasteiger partial charge in [-0.25, -0.2) is 0 Å². The average molecular weight is 376 g/mol. The third kappa shape index (κ3) is 5.60. The van der Waals surface area contributed by atoms with Gasteiger partial charge < -0.3 is 10.1 Å². The van der Waals surface area contributed by atoms with Gasteiger partial charge in [0.25, 0.3) is 5.91 Å². The fourth-order valence-corrected chi connectivity index (χ4v) is 3.44. The molecule has 0 bridgehead atoms. The third-order valence-electron chi connectivity index (χ3n) is 4.96. The Bertz CT molecular complexity index is 761. The van der Waals surface area contributed by atoms with Crippen molar-refractivity contribution in [3.8, 4) is 0 Å². The van der Waals surface area contributed by atoms with E-state index in [2.05, 4.69) is 5.32 Å². The molecule has 1 N–H and O–H groups in total. The van der Waals surface area contributed by atoms with E-state index in [0.29, 0.717) is 5.69 Å². The third-order valence-corrected chi connectivity index (χ3v) is 4.96. The molecule has 1 aromatic carbocycles. The summed E-state index contributed by atoms with van der Waals surface area (Å²) in [5.74, 6) is -2.69. The van der Waals surface area contributed by atoms with Gasteiger partial charge in [0.15, 0.2) is 6.61 Å². The van der Waals surface area contributed by atoms with Gasteiger partial charge in [0, 0.05) is 28.9 Å². The Balaban J connectivity index is 1.87. The quantitative estimate of drug-likeness (QED) is 0.443. The Kier molecular flexibility index (Phi) is 6.65. The molecule has 1 amide bonds. The van der Waals surface area contributed by atoms with Crippen LogP contribution >= 0.6 is 0 Å². The molecule has 0 unspecified atom stereocenters. The molecule has 1 aliphatic carbocycles. The minimum atomic E-state index is -0.722. The molecular formula is C19H24N2O6. The molecule has 27 heavy (non-hydrogen) atoms. The average Bonchev–Trinajstić information content (AvgIpc) is 2.83. The summed E-state index contributed by atoms with van der Waals surface area (Å²) in [4.78, 5) is 46.4. The molecule has 1 saturated carbocycles. The van der Waals surface area contributed by atoms with Gasteiger partial charge in [0.05, 0.1) is 6.42 Å². The van der Waals surface area contributed by atoms with Gasteiger partial charge in [-0.15, -0.1) is 0 Å². The van der Waals surface area contributed by atoms with Crippen LogP contribution in [0.5, 0.6) is 0 Å². The van der Waals surface area contributed by atoms with E-state index >= 15 is 0 Å². The molecule has 0 saturated heterocycles. The van der Waals surface area contributed by atoms with Crippen LogP contribution in [0.25, 0.3) is 0 Å². The number of rotatable bonds is 7. The van der Waals surface area contributed by atoms with Crippen molar-refractivity contribution in [1.82, 2.24) is 0 Å². The van der Waals surface area contributed by atoms with Crippen molar-refractivity contribution in [3.63, 3.8) is 0 Å². The maximum Gasteiger partial charge on any atom is 0.307 e. The minimum absolute atomic E-state index is 0.145. The Morgan fingerprint density at radius 2 is 2.04 bits per heavy atom. The highest BCUT2D eigenvalue weighted by molar-refractivity contribution is 5.94. The molecule has 3 atom stereocenters. The Hall–Kier alpha value is -2.77. The first-order chi connectivity index (χ1) is 12.7. The lowest BCUT2D eigenvalue weighted by Crippen LogP contribution is -2.28. The number of hydrogen-bond acceptors (Lipinski definition) is 6. The van der Waals surface area contributed by atoms with Crippen LogP contribution in [0.1, 0.15) is 30.9 Å². The standard InChI is InChI=1S/C19H24N2O6/c1-11-4-5-12(2)16(6-11)20-18(23)10-27-19(24)8-14-15(9-21(25)26)13(3)7-17(14)22/h4-6,13-15H,7-10H2,1-3H3,(H,20,23)/t13-,14+,15-/m1/s1. The van der Waals surface area contributed by atoms with Crippen molar-refractivity contribution in [3.05, 3.63) is 39.4 Å². The second-order valence-electron chi connectivity index (χ2n) is 7.16. The van der Waals surface area contributed by atoms with Crippen LogP contribution in [0, 0.1) is 41.7 Å². The van der Waals surface area contributed by atoms with E-state index in [0.717, 1.165) is 11.1 Å². The number of aryl methyl sites for hydroxylation is 2. The number of anilines is 1. The van der Waals surface area contributed by atoms with Crippen molar-refractivity contribution < 1.29 is 24.0 Å². The smallest absolute Gasteiger partial charge is 0.307 e. The van der Waals surface area contributed by atoms with Crippen LogP contribution in [-0.4, -0.2) is 35.7 Å². The second-order valence-corrected chi connectivity index (χ2v) is 7.16. The Morgan fingerprint density at radius 1 is 1.33 bits per heavy atom. The SMILES string of the molecule is Cc1ccc(C)c(NC(=O)COC(=O)C[C@@H]2C(=O)C[C@@H](C)[C@H]2C[N+](=O)[O-])c1. The summed E-state index contributed by atoms with van der Waals surface area (Å²) in [6.45, 7) is 4.70. The van der Waals surface area contributed by atoms with E-state index in [4.69, 9.17) is 4.74 Å². The van der Waals surface area contributed by atoms with Crippen molar-refractivity contribution in [2.45, 2.75) is 33.6 Å². The molecule has 1 fully saturated rings. The highest BCUT2D eigenvalue weighted by Crippen LogP contribution is 2.36. The second kappa shape index (κ2) is 8.75. The van der Waals surface area contributed by atoms with E-state index < -0.39 is 35.2 Å². The zero-order valence-electron chi connectivity index (χ0n) is 15.7. The number of nitrogens with zero attached hydrogens (tertiary/aromatic N) is 1. The number of carbonyl (C=O) groups excluding carboxylic acids is 3. The van der Waals surface area contributed by atoms with Crippen LogP contribution in [0.4, 0.5) is 5.69 Å². The van der Waals surface area contributed by atoms with Crippen LogP contribution in [0.15, 0.2) is 18.2 Å². The predicted molar refractivity (Wildman–Crippen MR) is 97.8 cm³/mol. The molecule has 8 nitrogen and oxygen atoms in total. The number of ketones is 1. The number of nitro groups is 1. The summed E-state index contributed by atoms with van der Waals surface area (Å²) in [6, 6.07) is 5.61. The molecule has 1 aliphatic rings. The van der Waals surface area contributed by atoms with E-state index in [1.165, 1.54) is 0 Å². The first-order valence-electron chi connectivity index (χ1n) is 8.84. The number of nitrogens with one attached hydrogen (secondary N) is 1. The lowest BCUT2D eigenvalue weighted by molar-refractivity contribution is -0.490. The number of carbonyl (C=O) groups is 3. The summed E-state index contributed by atoms with van der Waals surface area (Å²) in [6.07, 6.45) is -0.0119. The maximum atomic E-state index is 12.1. The molecular weight excluding hydrogens is 352 g/mol. The van der Waals surface area contributed by atoms with Crippen molar-refractivity contribution >= 4 is 23.3 Å². The van der Waals surface area contributed by atoms with Gasteiger partial charge in [-0.05, 0) is 37.0 Å². The molecule has 0 aromatic heterocycles. The molecule has 0 spiro atoms. The van der Waals surface area contributed by atoms with Crippen LogP contribution in [0.2, 0.25) is 0 Å². The van der Waals surface area contributed by atoms with E-state index in [9.17, 15) is 24.5 Å².